The molecule has 0 aliphatic carbocycles. The Bertz CT molecular complexity index is 433. The number of halogens is 2. The first kappa shape index (κ1) is 18.6. The molecular formula is C17H28BrFN2. The molecule has 2 nitrogen and oxygen atoms in total. The molecule has 1 rings (SSSR count). The summed E-state index contributed by atoms with van der Waals surface area (Å²) in [7, 11) is 0. The molecule has 21 heavy (non-hydrogen) atoms. The van der Waals surface area contributed by atoms with Crippen LogP contribution in [0.5, 0.6) is 0 Å². The van der Waals surface area contributed by atoms with E-state index in [0.717, 1.165) is 23.9 Å². The van der Waals surface area contributed by atoms with Crippen LogP contribution < -0.4 is 5.73 Å². The summed E-state index contributed by atoms with van der Waals surface area (Å²) in [6.45, 7) is 10.1. The summed E-state index contributed by atoms with van der Waals surface area (Å²) in [5.41, 5.74) is 6.72. The van der Waals surface area contributed by atoms with Crippen molar-refractivity contribution in [3.05, 3.63) is 34.1 Å². The minimum atomic E-state index is -0.181. The highest BCUT2D eigenvalue weighted by molar-refractivity contribution is 9.10. The van der Waals surface area contributed by atoms with E-state index in [2.05, 4.69) is 48.5 Å². The molecule has 0 saturated heterocycles. The molecule has 2 N–H and O–H groups in total. The molecule has 0 radical (unpaired) electrons. The first-order valence-electron chi connectivity index (χ1n) is 7.85. The number of rotatable bonds is 8. The Labute approximate surface area is 137 Å². The van der Waals surface area contributed by atoms with Crippen molar-refractivity contribution in [1.29, 1.82) is 0 Å². The van der Waals surface area contributed by atoms with Crippen molar-refractivity contribution < 1.29 is 4.39 Å². The third-order valence-electron chi connectivity index (χ3n) is 3.93. The maximum atomic E-state index is 14.3. The Morgan fingerprint density at radius 2 is 1.86 bits per heavy atom. The van der Waals surface area contributed by atoms with Gasteiger partial charge < -0.3 is 5.73 Å². The maximum absolute atomic E-state index is 14.3. The fourth-order valence-electron chi connectivity index (χ4n) is 2.92. The number of nitrogens with zero attached hydrogens (tertiary/aromatic N) is 1. The lowest BCUT2D eigenvalue weighted by Gasteiger charge is -2.38. The zero-order valence-electron chi connectivity index (χ0n) is 13.6. The zero-order valence-corrected chi connectivity index (χ0v) is 15.2. The fraction of sp³-hybridized carbons (Fsp3) is 0.647. The molecule has 120 valence electrons. The summed E-state index contributed by atoms with van der Waals surface area (Å²) in [6, 6.07) is 5.64. The van der Waals surface area contributed by atoms with Crippen LogP contribution >= 0.6 is 15.9 Å². The second-order valence-corrected chi connectivity index (χ2v) is 6.89. The van der Waals surface area contributed by atoms with E-state index in [1.165, 1.54) is 6.07 Å². The van der Waals surface area contributed by atoms with Crippen molar-refractivity contribution >= 4 is 15.9 Å². The van der Waals surface area contributed by atoms with Crippen LogP contribution in [0.25, 0.3) is 0 Å². The lowest BCUT2D eigenvalue weighted by Crippen LogP contribution is -2.43. The molecule has 1 aromatic rings. The quantitative estimate of drug-likeness (QED) is 0.727. The molecule has 0 bridgehead atoms. The molecule has 1 atom stereocenters. The molecule has 0 fully saturated rings. The van der Waals surface area contributed by atoms with Gasteiger partial charge in [0.2, 0.25) is 0 Å². The van der Waals surface area contributed by atoms with E-state index >= 15 is 0 Å². The van der Waals surface area contributed by atoms with Crippen molar-refractivity contribution in [1.82, 2.24) is 4.90 Å². The summed E-state index contributed by atoms with van der Waals surface area (Å²) in [5, 5.41) is 0. The SMILES string of the molecule is CCC(CC)N(CC(C)C)C(CN)c1ccc(Br)cc1F. The van der Waals surface area contributed by atoms with Gasteiger partial charge in [-0.2, -0.15) is 0 Å². The van der Waals surface area contributed by atoms with Gasteiger partial charge in [-0.3, -0.25) is 4.90 Å². The molecule has 0 heterocycles. The molecule has 0 saturated carbocycles. The Morgan fingerprint density at radius 1 is 1.24 bits per heavy atom. The van der Waals surface area contributed by atoms with Gasteiger partial charge in [-0.15, -0.1) is 0 Å². The van der Waals surface area contributed by atoms with Gasteiger partial charge in [0.25, 0.3) is 0 Å². The highest BCUT2D eigenvalue weighted by Crippen LogP contribution is 2.29. The zero-order chi connectivity index (χ0) is 16.0. The van der Waals surface area contributed by atoms with Crippen LogP contribution in [-0.4, -0.2) is 24.0 Å². The number of hydrogen-bond acceptors (Lipinski definition) is 2. The van der Waals surface area contributed by atoms with Crippen LogP contribution in [0.15, 0.2) is 22.7 Å². The molecule has 0 aliphatic rings. The van der Waals surface area contributed by atoms with Gasteiger partial charge in [-0.25, -0.2) is 4.39 Å². The van der Waals surface area contributed by atoms with E-state index in [-0.39, 0.29) is 11.9 Å². The van der Waals surface area contributed by atoms with Gasteiger partial charge in [0.1, 0.15) is 5.82 Å². The lowest BCUT2D eigenvalue weighted by molar-refractivity contribution is 0.110. The van der Waals surface area contributed by atoms with Crippen molar-refractivity contribution in [3.8, 4) is 0 Å². The third kappa shape index (κ3) is 5.04. The topological polar surface area (TPSA) is 29.3 Å². The molecular weight excluding hydrogens is 331 g/mol. The largest absolute Gasteiger partial charge is 0.329 e. The highest BCUT2D eigenvalue weighted by atomic mass is 79.9. The Balaban J connectivity index is 3.16. The van der Waals surface area contributed by atoms with Crippen LogP contribution in [0.4, 0.5) is 4.39 Å². The maximum Gasteiger partial charge on any atom is 0.129 e. The van der Waals surface area contributed by atoms with E-state index < -0.39 is 0 Å². The highest BCUT2D eigenvalue weighted by Gasteiger charge is 2.27. The monoisotopic (exact) mass is 358 g/mol. The summed E-state index contributed by atoms with van der Waals surface area (Å²) in [4.78, 5) is 2.39. The Kier molecular flexibility index (Phi) is 7.85. The first-order chi connectivity index (χ1) is 9.94. The van der Waals surface area contributed by atoms with Gasteiger partial charge in [-0.1, -0.05) is 49.7 Å². The average molecular weight is 359 g/mol. The Morgan fingerprint density at radius 3 is 2.29 bits per heavy atom. The molecule has 4 heteroatoms. The second-order valence-electron chi connectivity index (χ2n) is 5.98. The Hall–Kier alpha value is -0.450. The van der Waals surface area contributed by atoms with Crippen molar-refractivity contribution in [3.63, 3.8) is 0 Å². The standard InChI is InChI=1S/C17H28BrFN2/c1-5-14(6-2)21(11-12(3)4)17(10-20)15-8-7-13(18)9-16(15)19/h7-9,12,14,17H,5-6,10-11,20H2,1-4H3. The lowest BCUT2D eigenvalue weighted by atomic mass is 9.98. The molecule has 1 unspecified atom stereocenters. The van der Waals surface area contributed by atoms with E-state index in [1.54, 1.807) is 0 Å². The average Bonchev–Trinajstić information content (AvgIpc) is 2.42. The van der Waals surface area contributed by atoms with Gasteiger partial charge in [0.15, 0.2) is 0 Å². The van der Waals surface area contributed by atoms with Crippen LogP contribution in [0.1, 0.15) is 52.1 Å². The molecule has 0 aromatic heterocycles. The smallest absolute Gasteiger partial charge is 0.129 e. The van der Waals surface area contributed by atoms with Crippen molar-refractivity contribution in [2.24, 2.45) is 11.7 Å². The minimum Gasteiger partial charge on any atom is -0.329 e. The van der Waals surface area contributed by atoms with Crippen LogP contribution in [0.2, 0.25) is 0 Å². The fourth-order valence-corrected chi connectivity index (χ4v) is 3.26. The summed E-state index contributed by atoms with van der Waals surface area (Å²) in [6.07, 6.45) is 2.11. The van der Waals surface area contributed by atoms with Gasteiger partial charge in [-0.05, 0) is 30.9 Å². The van der Waals surface area contributed by atoms with E-state index in [1.807, 2.05) is 12.1 Å². The van der Waals surface area contributed by atoms with Gasteiger partial charge >= 0.3 is 0 Å². The number of hydrogen-bond donors (Lipinski definition) is 1. The van der Waals surface area contributed by atoms with E-state index in [0.29, 0.717) is 24.1 Å². The molecule has 0 aliphatic heterocycles. The van der Waals surface area contributed by atoms with Crippen molar-refractivity contribution in [2.75, 3.05) is 13.1 Å². The van der Waals surface area contributed by atoms with Gasteiger partial charge in [0.05, 0.1) is 6.04 Å². The molecule has 0 amide bonds. The second kappa shape index (κ2) is 8.86. The van der Waals surface area contributed by atoms with Gasteiger partial charge in [0, 0.05) is 29.2 Å². The summed E-state index contributed by atoms with van der Waals surface area (Å²) < 4.78 is 15.1. The minimum absolute atomic E-state index is 0.0644. The predicted molar refractivity (Wildman–Crippen MR) is 91.8 cm³/mol. The first-order valence-corrected chi connectivity index (χ1v) is 8.64. The predicted octanol–water partition coefficient (Wildman–Crippen LogP) is 4.73. The molecule has 0 spiro atoms. The van der Waals surface area contributed by atoms with E-state index in [4.69, 9.17) is 5.73 Å². The van der Waals surface area contributed by atoms with Crippen LogP contribution in [0.3, 0.4) is 0 Å². The number of nitrogens with two attached hydrogens (primary N) is 1. The van der Waals surface area contributed by atoms with Crippen molar-refractivity contribution in [2.45, 2.75) is 52.6 Å². The normalized spacial score (nSPS) is 13.4. The molecule has 1 aromatic carbocycles. The van der Waals surface area contributed by atoms with E-state index in [9.17, 15) is 4.39 Å². The third-order valence-corrected chi connectivity index (χ3v) is 4.43. The number of benzene rings is 1. The summed E-state index contributed by atoms with van der Waals surface area (Å²) in [5.74, 6) is 0.345. The van der Waals surface area contributed by atoms with Crippen LogP contribution in [0, 0.1) is 11.7 Å². The summed E-state index contributed by atoms with van der Waals surface area (Å²) >= 11 is 3.32. The van der Waals surface area contributed by atoms with Crippen LogP contribution in [-0.2, 0) is 0 Å².